The third-order valence-corrected chi connectivity index (χ3v) is 2.13. The van der Waals surface area contributed by atoms with E-state index < -0.39 is 0 Å². The van der Waals surface area contributed by atoms with Crippen molar-refractivity contribution in [3.63, 3.8) is 0 Å². The maximum absolute atomic E-state index is 8.78. The molecule has 86 valence electrons. The standard InChI is InChI=1S/C10H11N7/c1-6(12)10-15-7(2)16-17(10)9-3-8(4-11)13-5-14-9/h3,5-6H,12H2,1-2H3. The average molecular weight is 229 g/mol. The molecule has 0 aliphatic carbocycles. The number of aryl methyl sites for hydroxylation is 1. The summed E-state index contributed by atoms with van der Waals surface area (Å²) in [6.07, 6.45) is 1.32. The van der Waals surface area contributed by atoms with Crippen LogP contribution in [0.3, 0.4) is 0 Å². The molecule has 0 aliphatic heterocycles. The Morgan fingerprint density at radius 1 is 1.47 bits per heavy atom. The predicted molar refractivity (Wildman–Crippen MR) is 59.0 cm³/mol. The first-order valence-electron chi connectivity index (χ1n) is 5.03. The van der Waals surface area contributed by atoms with Crippen molar-refractivity contribution in [1.29, 1.82) is 5.26 Å². The first-order chi connectivity index (χ1) is 8.11. The fraction of sp³-hybridized carbons (Fsp3) is 0.300. The van der Waals surface area contributed by atoms with Gasteiger partial charge < -0.3 is 5.73 Å². The van der Waals surface area contributed by atoms with E-state index in [9.17, 15) is 0 Å². The van der Waals surface area contributed by atoms with Crippen molar-refractivity contribution in [1.82, 2.24) is 24.7 Å². The number of hydrogen-bond acceptors (Lipinski definition) is 6. The fourth-order valence-corrected chi connectivity index (χ4v) is 1.42. The maximum Gasteiger partial charge on any atom is 0.160 e. The quantitative estimate of drug-likeness (QED) is 0.791. The van der Waals surface area contributed by atoms with Gasteiger partial charge in [-0.25, -0.2) is 15.0 Å². The summed E-state index contributed by atoms with van der Waals surface area (Å²) >= 11 is 0. The van der Waals surface area contributed by atoms with Crippen LogP contribution in [0.25, 0.3) is 5.82 Å². The monoisotopic (exact) mass is 229 g/mol. The molecule has 2 aromatic heterocycles. The molecule has 0 bridgehead atoms. The fourth-order valence-electron chi connectivity index (χ4n) is 1.42. The smallest absolute Gasteiger partial charge is 0.160 e. The van der Waals surface area contributed by atoms with Crippen LogP contribution >= 0.6 is 0 Å². The minimum absolute atomic E-state index is 0.267. The Morgan fingerprint density at radius 3 is 2.88 bits per heavy atom. The van der Waals surface area contributed by atoms with Crippen LogP contribution in [0.1, 0.15) is 30.3 Å². The Bertz CT molecular complexity index is 579. The van der Waals surface area contributed by atoms with Crippen LogP contribution < -0.4 is 5.73 Å². The van der Waals surface area contributed by atoms with Gasteiger partial charge in [-0.15, -0.1) is 5.10 Å². The molecule has 7 heteroatoms. The highest BCUT2D eigenvalue weighted by Gasteiger charge is 2.14. The summed E-state index contributed by atoms with van der Waals surface area (Å²) in [5.41, 5.74) is 6.08. The molecule has 0 fully saturated rings. The zero-order chi connectivity index (χ0) is 12.4. The van der Waals surface area contributed by atoms with Gasteiger partial charge in [0.05, 0.1) is 6.04 Å². The highest BCUT2D eigenvalue weighted by molar-refractivity contribution is 5.30. The largest absolute Gasteiger partial charge is 0.322 e. The third-order valence-electron chi connectivity index (χ3n) is 2.13. The topological polar surface area (TPSA) is 106 Å². The summed E-state index contributed by atoms with van der Waals surface area (Å²) in [7, 11) is 0. The minimum Gasteiger partial charge on any atom is -0.322 e. The van der Waals surface area contributed by atoms with E-state index >= 15 is 0 Å². The second-order valence-corrected chi connectivity index (χ2v) is 3.59. The van der Waals surface area contributed by atoms with Gasteiger partial charge in [0.2, 0.25) is 0 Å². The lowest BCUT2D eigenvalue weighted by Gasteiger charge is -2.06. The lowest BCUT2D eigenvalue weighted by atomic mass is 10.3. The molecule has 0 saturated carbocycles. The molecule has 0 aliphatic rings. The highest BCUT2D eigenvalue weighted by atomic mass is 15.4. The molecular weight excluding hydrogens is 218 g/mol. The molecule has 7 nitrogen and oxygen atoms in total. The number of aromatic nitrogens is 5. The zero-order valence-corrected chi connectivity index (χ0v) is 9.49. The van der Waals surface area contributed by atoms with Crippen molar-refractivity contribution < 1.29 is 0 Å². The summed E-state index contributed by atoms with van der Waals surface area (Å²) in [5, 5.41) is 13.0. The van der Waals surface area contributed by atoms with Crippen LogP contribution in [-0.2, 0) is 0 Å². The molecule has 0 amide bonds. The van der Waals surface area contributed by atoms with E-state index in [2.05, 4.69) is 20.1 Å². The highest BCUT2D eigenvalue weighted by Crippen LogP contribution is 2.12. The van der Waals surface area contributed by atoms with Crippen LogP contribution in [-0.4, -0.2) is 24.7 Å². The van der Waals surface area contributed by atoms with E-state index in [1.165, 1.54) is 11.0 Å². The number of nitriles is 1. The molecule has 0 radical (unpaired) electrons. The SMILES string of the molecule is Cc1nc(C(C)N)n(-c2cc(C#N)ncn2)n1. The van der Waals surface area contributed by atoms with Crippen LogP contribution in [0.2, 0.25) is 0 Å². The Hall–Kier alpha value is -2.33. The molecule has 1 atom stereocenters. The number of nitrogens with zero attached hydrogens (tertiary/aromatic N) is 6. The van der Waals surface area contributed by atoms with E-state index in [0.29, 0.717) is 17.5 Å². The summed E-state index contributed by atoms with van der Waals surface area (Å²) in [6.45, 7) is 3.58. The van der Waals surface area contributed by atoms with Gasteiger partial charge in [0.1, 0.15) is 23.9 Å². The number of nitrogens with two attached hydrogens (primary N) is 1. The van der Waals surface area contributed by atoms with Crippen molar-refractivity contribution in [2.75, 3.05) is 0 Å². The number of hydrogen-bond donors (Lipinski definition) is 1. The summed E-state index contributed by atoms with van der Waals surface area (Å²) in [6, 6.07) is 3.22. The third kappa shape index (κ3) is 2.11. The molecule has 1 unspecified atom stereocenters. The molecule has 2 heterocycles. The molecular formula is C10H11N7. The molecule has 17 heavy (non-hydrogen) atoms. The van der Waals surface area contributed by atoms with Crippen molar-refractivity contribution >= 4 is 0 Å². The second-order valence-electron chi connectivity index (χ2n) is 3.59. The average Bonchev–Trinajstić information content (AvgIpc) is 2.72. The molecule has 0 saturated heterocycles. The lowest BCUT2D eigenvalue weighted by Crippen LogP contribution is -2.14. The van der Waals surface area contributed by atoms with E-state index in [-0.39, 0.29) is 11.7 Å². The van der Waals surface area contributed by atoms with Crippen molar-refractivity contribution in [2.45, 2.75) is 19.9 Å². The number of rotatable bonds is 2. The van der Waals surface area contributed by atoms with Gasteiger partial charge in [-0.2, -0.15) is 9.94 Å². The van der Waals surface area contributed by atoms with Crippen LogP contribution in [0.5, 0.6) is 0 Å². The Morgan fingerprint density at radius 2 is 2.24 bits per heavy atom. The molecule has 0 spiro atoms. The Kier molecular flexibility index (Phi) is 2.80. The van der Waals surface area contributed by atoms with Crippen LogP contribution in [0, 0.1) is 18.3 Å². The van der Waals surface area contributed by atoms with E-state index in [1.54, 1.807) is 13.0 Å². The Labute approximate surface area is 97.9 Å². The molecule has 2 rings (SSSR count). The van der Waals surface area contributed by atoms with Gasteiger partial charge >= 0.3 is 0 Å². The van der Waals surface area contributed by atoms with Gasteiger partial charge in [0.15, 0.2) is 11.6 Å². The predicted octanol–water partition coefficient (Wildman–Crippen LogP) is 0.257. The molecule has 2 N–H and O–H groups in total. The van der Waals surface area contributed by atoms with Gasteiger partial charge in [-0.05, 0) is 13.8 Å². The van der Waals surface area contributed by atoms with Crippen LogP contribution in [0.4, 0.5) is 0 Å². The zero-order valence-electron chi connectivity index (χ0n) is 9.49. The van der Waals surface area contributed by atoms with E-state index in [4.69, 9.17) is 11.0 Å². The van der Waals surface area contributed by atoms with Gasteiger partial charge in [-0.1, -0.05) is 0 Å². The normalized spacial score (nSPS) is 12.1. The molecule has 2 aromatic rings. The van der Waals surface area contributed by atoms with E-state index in [0.717, 1.165) is 0 Å². The Balaban J connectivity index is 2.56. The maximum atomic E-state index is 8.78. The van der Waals surface area contributed by atoms with E-state index in [1.807, 2.05) is 13.0 Å². The van der Waals surface area contributed by atoms with Gasteiger partial charge in [-0.3, -0.25) is 0 Å². The summed E-state index contributed by atoms with van der Waals surface area (Å²) in [4.78, 5) is 12.1. The van der Waals surface area contributed by atoms with Gasteiger partial charge in [0, 0.05) is 6.07 Å². The second kappa shape index (κ2) is 4.27. The first-order valence-corrected chi connectivity index (χ1v) is 5.03. The van der Waals surface area contributed by atoms with Crippen molar-refractivity contribution in [3.05, 3.63) is 29.7 Å². The van der Waals surface area contributed by atoms with Crippen molar-refractivity contribution in [3.8, 4) is 11.9 Å². The lowest BCUT2D eigenvalue weighted by molar-refractivity contribution is 0.679. The molecule has 0 aromatic carbocycles. The first kappa shape index (κ1) is 11.2. The van der Waals surface area contributed by atoms with Crippen LogP contribution in [0.15, 0.2) is 12.4 Å². The summed E-state index contributed by atoms with van der Waals surface area (Å²) in [5.74, 6) is 1.70. The summed E-state index contributed by atoms with van der Waals surface area (Å²) < 4.78 is 1.53. The van der Waals surface area contributed by atoms with Crippen molar-refractivity contribution in [2.24, 2.45) is 5.73 Å². The minimum atomic E-state index is -0.267. The van der Waals surface area contributed by atoms with Gasteiger partial charge in [0.25, 0.3) is 0 Å².